The SMILES string of the molecule is COc1ncc(C#N)c(OC(F)(F)F)c1N. The number of nitrogens with two attached hydrogens (primary N) is 1. The van der Waals surface area contributed by atoms with Crippen LogP contribution in [-0.4, -0.2) is 18.5 Å². The normalized spacial score (nSPS) is 10.7. The number of rotatable bonds is 2. The van der Waals surface area contributed by atoms with E-state index < -0.39 is 23.4 Å². The highest BCUT2D eigenvalue weighted by Crippen LogP contribution is 2.36. The van der Waals surface area contributed by atoms with E-state index >= 15 is 0 Å². The lowest BCUT2D eigenvalue weighted by molar-refractivity contribution is -0.274. The minimum Gasteiger partial charge on any atom is -0.479 e. The number of halogens is 3. The molecule has 0 atom stereocenters. The molecular formula is C8H6F3N3O2. The monoisotopic (exact) mass is 233 g/mol. The zero-order chi connectivity index (χ0) is 12.3. The van der Waals surface area contributed by atoms with Gasteiger partial charge in [-0.05, 0) is 0 Å². The van der Waals surface area contributed by atoms with Gasteiger partial charge in [-0.15, -0.1) is 13.2 Å². The summed E-state index contributed by atoms with van der Waals surface area (Å²) >= 11 is 0. The molecular weight excluding hydrogens is 227 g/mol. The zero-order valence-electron chi connectivity index (χ0n) is 8.00. The molecule has 0 amide bonds. The second-order valence-electron chi connectivity index (χ2n) is 2.58. The van der Waals surface area contributed by atoms with Crippen LogP contribution in [0.15, 0.2) is 6.20 Å². The van der Waals surface area contributed by atoms with Crippen molar-refractivity contribution in [3.05, 3.63) is 11.8 Å². The highest BCUT2D eigenvalue weighted by Gasteiger charge is 2.34. The second kappa shape index (κ2) is 4.14. The molecule has 16 heavy (non-hydrogen) atoms. The molecule has 0 unspecified atom stereocenters. The molecule has 86 valence electrons. The lowest BCUT2D eigenvalue weighted by Gasteiger charge is -2.13. The fourth-order valence-electron chi connectivity index (χ4n) is 0.962. The van der Waals surface area contributed by atoms with Gasteiger partial charge < -0.3 is 15.2 Å². The number of nitriles is 1. The molecule has 0 spiro atoms. The van der Waals surface area contributed by atoms with Gasteiger partial charge in [0.1, 0.15) is 17.3 Å². The Morgan fingerprint density at radius 3 is 2.56 bits per heavy atom. The average Bonchev–Trinajstić information content (AvgIpc) is 2.19. The Labute approximate surface area is 88.2 Å². The molecule has 0 bridgehead atoms. The van der Waals surface area contributed by atoms with Crippen LogP contribution in [-0.2, 0) is 0 Å². The van der Waals surface area contributed by atoms with Gasteiger partial charge >= 0.3 is 6.36 Å². The largest absolute Gasteiger partial charge is 0.573 e. The molecule has 1 aromatic heterocycles. The second-order valence-corrected chi connectivity index (χ2v) is 2.58. The van der Waals surface area contributed by atoms with E-state index in [1.807, 2.05) is 0 Å². The van der Waals surface area contributed by atoms with Crippen LogP contribution in [0.5, 0.6) is 11.6 Å². The van der Waals surface area contributed by atoms with Gasteiger partial charge in [0.05, 0.1) is 13.3 Å². The summed E-state index contributed by atoms with van der Waals surface area (Å²) in [5, 5.41) is 8.57. The molecule has 1 rings (SSSR count). The average molecular weight is 233 g/mol. The summed E-state index contributed by atoms with van der Waals surface area (Å²) in [6, 6.07) is 1.49. The highest BCUT2D eigenvalue weighted by molar-refractivity contribution is 5.65. The van der Waals surface area contributed by atoms with Crippen LogP contribution >= 0.6 is 0 Å². The molecule has 8 heteroatoms. The molecule has 0 aromatic carbocycles. The van der Waals surface area contributed by atoms with Gasteiger partial charge in [-0.3, -0.25) is 0 Å². The molecule has 1 heterocycles. The molecule has 2 N–H and O–H groups in total. The minimum atomic E-state index is -4.94. The number of ether oxygens (including phenoxy) is 2. The topological polar surface area (TPSA) is 81.2 Å². The van der Waals surface area contributed by atoms with E-state index in [9.17, 15) is 13.2 Å². The molecule has 0 aliphatic rings. The van der Waals surface area contributed by atoms with Gasteiger partial charge in [0.2, 0.25) is 5.88 Å². The number of anilines is 1. The van der Waals surface area contributed by atoms with Crippen molar-refractivity contribution in [1.82, 2.24) is 4.98 Å². The Balaban J connectivity index is 3.28. The van der Waals surface area contributed by atoms with Crippen LogP contribution in [0.1, 0.15) is 5.56 Å². The van der Waals surface area contributed by atoms with Crippen molar-refractivity contribution >= 4 is 5.69 Å². The Kier molecular flexibility index (Phi) is 3.08. The van der Waals surface area contributed by atoms with Gasteiger partial charge in [0.15, 0.2) is 5.75 Å². The fourth-order valence-corrected chi connectivity index (χ4v) is 0.962. The van der Waals surface area contributed by atoms with Crippen LogP contribution in [0.4, 0.5) is 18.9 Å². The van der Waals surface area contributed by atoms with Gasteiger partial charge in [-0.1, -0.05) is 0 Å². The van der Waals surface area contributed by atoms with Gasteiger partial charge in [0, 0.05) is 0 Å². The number of aromatic nitrogens is 1. The van der Waals surface area contributed by atoms with Crippen molar-refractivity contribution in [3.63, 3.8) is 0 Å². The van der Waals surface area contributed by atoms with E-state index in [0.717, 1.165) is 6.20 Å². The molecule has 0 saturated carbocycles. The molecule has 0 fully saturated rings. The Morgan fingerprint density at radius 2 is 2.12 bits per heavy atom. The van der Waals surface area contributed by atoms with Crippen LogP contribution in [0.2, 0.25) is 0 Å². The summed E-state index contributed by atoms with van der Waals surface area (Å²) < 4.78 is 44.3. The molecule has 0 aliphatic heterocycles. The van der Waals surface area contributed by atoms with Crippen LogP contribution < -0.4 is 15.2 Å². The number of hydrogen-bond donors (Lipinski definition) is 1. The predicted molar refractivity (Wildman–Crippen MR) is 46.6 cm³/mol. The van der Waals surface area contributed by atoms with Crippen molar-refractivity contribution < 1.29 is 22.6 Å². The third kappa shape index (κ3) is 2.44. The summed E-state index contributed by atoms with van der Waals surface area (Å²) in [5.41, 5.74) is 4.42. The quantitative estimate of drug-likeness (QED) is 0.835. The number of methoxy groups -OCH3 is 1. The summed E-state index contributed by atoms with van der Waals surface area (Å²) in [4.78, 5) is 3.54. The lowest BCUT2D eigenvalue weighted by atomic mass is 10.2. The smallest absolute Gasteiger partial charge is 0.479 e. The van der Waals surface area contributed by atoms with Gasteiger partial charge in [-0.25, -0.2) is 4.98 Å². The van der Waals surface area contributed by atoms with Crippen LogP contribution in [0, 0.1) is 11.3 Å². The van der Waals surface area contributed by atoms with Crippen molar-refractivity contribution in [1.29, 1.82) is 5.26 Å². The maximum absolute atomic E-state index is 12.0. The molecule has 0 aliphatic carbocycles. The molecule has 0 saturated heterocycles. The van der Waals surface area contributed by atoms with E-state index in [0.29, 0.717) is 0 Å². The van der Waals surface area contributed by atoms with Crippen molar-refractivity contribution in [2.75, 3.05) is 12.8 Å². The van der Waals surface area contributed by atoms with Crippen molar-refractivity contribution in [3.8, 4) is 17.7 Å². The van der Waals surface area contributed by atoms with E-state index in [-0.39, 0.29) is 5.88 Å². The number of pyridine rings is 1. The summed E-state index contributed by atoms with van der Waals surface area (Å²) in [5.74, 6) is -1.04. The first kappa shape index (κ1) is 11.9. The zero-order valence-corrected chi connectivity index (χ0v) is 8.00. The number of alkyl halides is 3. The summed E-state index contributed by atoms with van der Waals surface area (Å²) in [7, 11) is 1.18. The Bertz CT molecular complexity index is 439. The predicted octanol–water partition coefficient (Wildman–Crippen LogP) is 1.44. The van der Waals surface area contributed by atoms with E-state index in [1.54, 1.807) is 0 Å². The third-order valence-electron chi connectivity index (χ3n) is 1.56. The molecule has 5 nitrogen and oxygen atoms in total. The van der Waals surface area contributed by atoms with Crippen LogP contribution in [0.25, 0.3) is 0 Å². The summed E-state index contributed by atoms with van der Waals surface area (Å²) in [6.45, 7) is 0. The Hall–Kier alpha value is -2.17. The third-order valence-corrected chi connectivity index (χ3v) is 1.56. The fraction of sp³-hybridized carbons (Fsp3) is 0.250. The maximum atomic E-state index is 12.0. The highest BCUT2D eigenvalue weighted by atomic mass is 19.4. The molecule has 1 aromatic rings. The minimum absolute atomic E-state index is 0.238. The van der Waals surface area contributed by atoms with Crippen molar-refractivity contribution in [2.45, 2.75) is 6.36 Å². The number of nitrogen functional groups attached to an aromatic ring is 1. The maximum Gasteiger partial charge on any atom is 0.573 e. The Morgan fingerprint density at radius 1 is 1.50 bits per heavy atom. The van der Waals surface area contributed by atoms with Crippen molar-refractivity contribution in [2.24, 2.45) is 0 Å². The standard InChI is InChI=1S/C8H6F3N3O2/c1-15-7-5(13)6(16-8(9,10)11)4(2-12)3-14-7/h3H,13H2,1H3. The first-order chi connectivity index (χ1) is 7.39. The van der Waals surface area contributed by atoms with Gasteiger partial charge in [0.25, 0.3) is 0 Å². The molecule has 0 radical (unpaired) electrons. The van der Waals surface area contributed by atoms with Gasteiger partial charge in [-0.2, -0.15) is 5.26 Å². The van der Waals surface area contributed by atoms with E-state index in [2.05, 4.69) is 14.5 Å². The lowest BCUT2D eigenvalue weighted by Crippen LogP contribution is -2.19. The number of hydrogen-bond acceptors (Lipinski definition) is 5. The first-order valence-corrected chi connectivity index (χ1v) is 3.87. The first-order valence-electron chi connectivity index (χ1n) is 3.87. The number of nitrogens with zero attached hydrogens (tertiary/aromatic N) is 2. The van der Waals surface area contributed by atoms with Crippen LogP contribution in [0.3, 0.4) is 0 Å². The van der Waals surface area contributed by atoms with E-state index in [4.69, 9.17) is 11.0 Å². The van der Waals surface area contributed by atoms with E-state index in [1.165, 1.54) is 13.2 Å². The summed E-state index contributed by atoms with van der Waals surface area (Å²) in [6.07, 6.45) is -4.05.